The summed E-state index contributed by atoms with van der Waals surface area (Å²) in [7, 11) is 0. The minimum absolute atomic E-state index is 0.0227. The largest absolute Gasteiger partial charge is 0.270 e. The van der Waals surface area contributed by atoms with Gasteiger partial charge in [0.25, 0.3) is 5.69 Å². The van der Waals surface area contributed by atoms with E-state index in [1.807, 2.05) is 66.0 Å². The number of benzene rings is 3. The second kappa shape index (κ2) is 9.34. The first-order valence-electron chi connectivity index (χ1n) is 9.00. The molecule has 30 heavy (non-hydrogen) atoms. The van der Waals surface area contributed by atoms with Crippen molar-refractivity contribution in [2.24, 2.45) is 5.10 Å². The summed E-state index contributed by atoms with van der Waals surface area (Å²) >= 11 is 2.97. The number of aromatic nitrogens is 1. The first-order chi connectivity index (χ1) is 14.7. The Labute approximate surface area is 181 Å². The molecule has 1 N–H and O–H groups in total. The lowest BCUT2D eigenvalue weighted by Gasteiger charge is -2.06. The third kappa shape index (κ3) is 4.91. The van der Waals surface area contributed by atoms with Crippen LogP contribution < -0.4 is 5.43 Å². The highest BCUT2D eigenvalue weighted by Crippen LogP contribution is 2.32. The molecule has 6 nitrogen and oxygen atoms in total. The van der Waals surface area contributed by atoms with Gasteiger partial charge in [-0.3, -0.25) is 15.5 Å². The summed E-state index contributed by atoms with van der Waals surface area (Å²) in [5.41, 5.74) is 5.50. The Morgan fingerprint density at radius 2 is 1.77 bits per heavy atom. The summed E-state index contributed by atoms with van der Waals surface area (Å²) < 4.78 is 0. The van der Waals surface area contributed by atoms with Crippen LogP contribution in [-0.4, -0.2) is 16.1 Å². The smallest absolute Gasteiger partial charge is 0.258 e. The standard InChI is InChI=1S/C22H16N4O2S2/c27-26(28)18-11-12-21(30-19-9-5-2-6-10-19)17(13-18)14-23-25-22-24-20(15-29-22)16-7-3-1-4-8-16/h1-15H,(H,24,25). The van der Waals surface area contributed by atoms with Gasteiger partial charge in [0.1, 0.15) is 0 Å². The minimum atomic E-state index is -0.408. The lowest BCUT2D eigenvalue weighted by Crippen LogP contribution is -1.95. The summed E-state index contributed by atoms with van der Waals surface area (Å²) in [5, 5.41) is 18.0. The molecule has 0 unspecified atom stereocenters. The SMILES string of the molecule is O=[N+]([O-])c1ccc(Sc2ccccc2)c(C=NNc2nc(-c3ccccc3)cs2)c1. The van der Waals surface area contributed by atoms with Gasteiger partial charge in [0.15, 0.2) is 0 Å². The molecule has 3 aromatic carbocycles. The van der Waals surface area contributed by atoms with E-state index >= 15 is 0 Å². The van der Waals surface area contributed by atoms with Crippen LogP contribution in [0.1, 0.15) is 5.56 Å². The van der Waals surface area contributed by atoms with Crippen molar-refractivity contribution in [2.75, 3.05) is 5.43 Å². The van der Waals surface area contributed by atoms with Gasteiger partial charge in [-0.05, 0) is 18.2 Å². The second-order valence-corrected chi connectivity index (χ2v) is 8.14. The molecule has 0 aliphatic heterocycles. The molecule has 148 valence electrons. The van der Waals surface area contributed by atoms with E-state index in [0.717, 1.165) is 21.0 Å². The molecule has 0 aliphatic carbocycles. The van der Waals surface area contributed by atoms with E-state index < -0.39 is 4.92 Å². The van der Waals surface area contributed by atoms with Crippen molar-refractivity contribution in [2.45, 2.75) is 9.79 Å². The maximum atomic E-state index is 11.2. The molecule has 4 rings (SSSR count). The zero-order chi connectivity index (χ0) is 20.8. The van der Waals surface area contributed by atoms with Gasteiger partial charge in [0.2, 0.25) is 5.13 Å². The quantitative estimate of drug-likeness (QED) is 0.210. The topological polar surface area (TPSA) is 80.4 Å². The van der Waals surface area contributed by atoms with Crippen molar-refractivity contribution in [3.63, 3.8) is 0 Å². The number of rotatable bonds is 7. The first kappa shape index (κ1) is 19.8. The van der Waals surface area contributed by atoms with Gasteiger partial charge >= 0.3 is 0 Å². The summed E-state index contributed by atoms with van der Waals surface area (Å²) in [6, 6.07) is 24.5. The predicted octanol–water partition coefficient (Wildman–Crippen LogP) is 6.32. The number of non-ortho nitro benzene ring substituents is 1. The van der Waals surface area contributed by atoms with Crippen molar-refractivity contribution >= 4 is 40.1 Å². The summed E-state index contributed by atoms with van der Waals surface area (Å²) in [6.07, 6.45) is 1.59. The lowest BCUT2D eigenvalue weighted by atomic mass is 10.2. The summed E-state index contributed by atoms with van der Waals surface area (Å²) in [4.78, 5) is 17.2. The number of nitro benzene ring substituents is 1. The van der Waals surface area contributed by atoms with Crippen LogP contribution in [0.15, 0.2) is 99.1 Å². The number of hydrogen-bond donors (Lipinski definition) is 1. The van der Waals surface area contributed by atoms with Crippen LogP contribution in [-0.2, 0) is 0 Å². The Bertz CT molecular complexity index is 1180. The molecule has 0 amide bonds. The van der Waals surface area contributed by atoms with E-state index in [4.69, 9.17) is 0 Å². The van der Waals surface area contributed by atoms with Crippen molar-refractivity contribution in [1.29, 1.82) is 0 Å². The Morgan fingerprint density at radius 1 is 1.03 bits per heavy atom. The van der Waals surface area contributed by atoms with E-state index in [1.165, 1.54) is 35.2 Å². The van der Waals surface area contributed by atoms with Crippen LogP contribution in [0.5, 0.6) is 0 Å². The number of thiazole rings is 1. The number of nitrogens with zero attached hydrogens (tertiary/aromatic N) is 3. The van der Waals surface area contributed by atoms with Gasteiger partial charge in [-0.1, -0.05) is 60.3 Å². The van der Waals surface area contributed by atoms with Crippen molar-refractivity contribution in [3.05, 3.63) is 99.9 Å². The van der Waals surface area contributed by atoms with E-state index in [0.29, 0.717) is 10.7 Å². The third-order valence-corrected chi connectivity index (χ3v) is 5.96. The summed E-state index contributed by atoms with van der Waals surface area (Å²) in [5.74, 6) is 0. The third-order valence-electron chi connectivity index (χ3n) is 4.11. The maximum Gasteiger partial charge on any atom is 0.270 e. The molecule has 0 aliphatic rings. The highest BCUT2D eigenvalue weighted by molar-refractivity contribution is 7.99. The molecule has 0 fully saturated rings. The van der Waals surface area contributed by atoms with Gasteiger partial charge in [0, 0.05) is 38.4 Å². The molecular formula is C22H16N4O2S2. The molecule has 0 saturated carbocycles. The van der Waals surface area contributed by atoms with Crippen LogP contribution in [0.25, 0.3) is 11.3 Å². The van der Waals surface area contributed by atoms with E-state index in [1.54, 1.807) is 12.3 Å². The fraction of sp³-hybridized carbons (Fsp3) is 0. The molecule has 0 bridgehead atoms. The van der Waals surface area contributed by atoms with Crippen LogP contribution in [0.3, 0.4) is 0 Å². The average molecular weight is 433 g/mol. The number of nitro groups is 1. The summed E-state index contributed by atoms with van der Waals surface area (Å²) in [6.45, 7) is 0. The Hall–Kier alpha value is -3.49. The molecular weight excluding hydrogens is 416 g/mol. The lowest BCUT2D eigenvalue weighted by molar-refractivity contribution is -0.384. The molecule has 1 aromatic heterocycles. The number of anilines is 1. The molecule has 0 atom stereocenters. The normalized spacial score (nSPS) is 10.9. The average Bonchev–Trinajstić information content (AvgIpc) is 3.25. The highest BCUT2D eigenvalue weighted by atomic mass is 32.2. The number of nitrogens with one attached hydrogen (secondary N) is 1. The maximum absolute atomic E-state index is 11.2. The van der Waals surface area contributed by atoms with Crippen molar-refractivity contribution < 1.29 is 4.92 Å². The van der Waals surface area contributed by atoms with Crippen LogP contribution in [0, 0.1) is 10.1 Å². The van der Waals surface area contributed by atoms with E-state index in [-0.39, 0.29) is 5.69 Å². The van der Waals surface area contributed by atoms with Gasteiger partial charge in [-0.2, -0.15) is 5.10 Å². The predicted molar refractivity (Wildman–Crippen MR) is 122 cm³/mol. The van der Waals surface area contributed by atoms with E-state index in [2.05, 4.69) is 15.5 Å². The van der Waals surface area contributed by atoms with Crippen molar-refractivity contribution in [3.8, 4) is 11.3 Å². The molecule has 1 heterocycles. The Morgan fingerprint density at radius 3 is 2.50 bits per heavy atom. The van der Waals surface area contributed by atoms with E-state index in [9.17, 15) is 10.1 Å². The number of hydrazone groups is 1. The first-order valence-corrected chi connectivity index (χ1v) is 10.7. The fourth-order valence-electron chi connectivity index (χ4n) is 2.68. The van der Waals surface area contributed by atoms with Gasteiger partial charge in [0.05, 0.1) is 16.8 Å². The monoisotopic (exact) mass is 432 g/mol. The van der Waals surface area contributed by atoms with Gasteiger partial charge in [-0.15, -0.1) is 11.3 Å². The molecule has 0 saturated heterocycles. The van der Waals surface area contributed by atoms with Crippen LogP contribution >= 0.6 is 23.1 Å². The molecule has 0 radical (unpaired) electrons. The molecule has 0 spiro atoms. The van der Waals surface area contributed by atoms with Gasteiger partial charge in [-0.25, -0.2) is 4.98 Å². The second-order valence-electron chi connectivity index (χ2n) is 6.17. The van der Waals surface area contributed by atoms with Crippen molar-refractivity contribution in [1.82, 2.24) is 4.98 Å². The van der Waals surface area contributed by atoms with Crippen LogP contribution in [0.2, 0.25) is 0 Å². The zero-order valence-electron chi connectivity index (χ0n) is 15.6. The number of hydrogen-bond acceptors (Lipinski definition) is 7. The highest BCUT2D eigenvalue weighted by Gasteiger charge is 2.11. The molecule has 4 aromatic rings. The fourth-order valence-corrected chi connectivity index (χ4v) is 4.26. The zero-order valence-corrected chi connectivity index (χ0v) is 17.3. The molecule has 8 heteroatoms. The Kier molecular flexibility index (Phi) is 6.17. The minimum Gasteiger partial charge on any atom is -0.258 e. The van der Waals surface area contributed by atoms with Gasteiger partial charge < -0.3 is 0 Å². The Balaban J connectivity index is 1.54. The van der Waals surface area contributed by atoms with Crippen LogP contribution in [0.4, 0.5) is 10.8 Å².